The summed E-state index contributed by atoms with van der Waals surface area (Å²) in [5.74, 6) is -1.55. The van der Waals surface area contributed by atoms with Gasteiger partial charge in [-0.15, -0.1) is 0 Å². The number of carbonyl (C=O) groups is 1. The topological polar surface area (TPSA) is 41.1 Å². The second kappa shape index (κ2) is 6.10. The van der Waals surface area contributed by atoms with E-state index in [0.717, 1.165) is 32.0 Å². The summed E-state index contributed by atoms with van der Waals surface area (Å²) in [6, 6.07) is 2.01. The lowest BCUT2D eigenvalue weighted by Crippen LogP contribution is -2.38. The number of nitrogens with one attached hydrogen (secondary N) is 2. The Morgan fingerprint density at radius 2 is 2.21 bits per heavy atom. The van der Waals surface area contributed by atoms with E-state index in [1.54, 1.807) is 0 Å². The van der Waals surface area contributed by atoms with Crippen LogP contribution in [0.25, 0.3) is 0 Å². The number of hydrogen-bond donors (Lipinski definition) is 2. The molecule has 0 radical (unpaired) electrons. The number of carbonyl (C=O) groups excluding carboxylic acids is 1. The maximum atomic E-state index is 13.5. The summed E-state index contributed by atoms with van der Waals surface area (Å²) < 4.78 is 26.7. The van der Waals surface area contributed by atoms with Gasteiger partial charge in [0.25, 0.3) is 5.91 Å². The van der Waals surface area contributed by atoms with Crippen LogP contribution in [0.15, 0.2) is 12.1 Å². The summed E-state index contributed by atoms with van der Waals surface area (Å²) in [4.78, 5) is 11.9. The minimum Gasteiger partial charge on any atom is -0.352 e. The largest absolute Gasteiger partial charge is 0.352 e. The quantitative estimate of drug-likeness (QED) is 0.880. The maximum absolute atomic E-state index is 13.5. The highest BCUT2D eigenvalue weighted by Gasteiger charge is 2.17. The number of amides is 1. The first-order valence-corrected chi connectivity index (χ1v) is 6.52. The Morgan fingerprint density at radius 1 is 1.42 bits per heavy atom. The van der Waals surface area contributed by atoms with Crippen LogP contribution < -0.4 is 10.6 Å². The van der Waals surface area contributed by atoms with Crippen LogP contribution in [-0.2, 0) is 0 Å². The molecule has 0 bridgehead atoms. The summed E-state index contributed by atoms with van der Waals surface area (Å²) in [5.41, 5.74) is 0.175. The SMILES string of the molecule is Cc1cc(C(=O)NCC2CCCNC2)c(F)cc1F. The third kappa shape index (κ3) is 3.50. The van der Waals surface area contributed by atoms with Gasteiger partial charge in [0.2, 0.25) is 0 Å². The van der Waals surface area contributed by atoms with E-state index >= 15 is 0 Å². The van der Waals surface area contributed by atoms with Crippen LogP contribution in [0, 0.1) is 24.5 Å². The van der Waals surface area contributed by atoms with E-state index in [2.05, 4.69) is 10.6 Å². The average Bonchev–Trinajstić information content (AvgIpc) is 2.41. The molecule has 1 atom stereocenters. The van der Waals surface area contributed by atoms with Crippen LogP contribution in [-0.4, -0.2) is 25.5 Å². The number of piperidine rings is 1. The molecule has 2 N–H and O–H groups in total. The highest BCUT2D eigenvalue weighted by molar-refractivity contribution is 5.94. The molecule has 1 heterocycles. The minimum absolute atomic E-state index is 0.0948. The van der Waals surface area contributed by atoms with Crippen molar-refractivity contribution in [3.05, 3.63) is 34.9 Å². The molecule has 19 heavy (non-hydrogen) atoms. The minimum atomic E-state index is -0.817. The Hall–Kier alpha value is -1.49. The van der Waals surface area contributed by atoms with Gasteiger partial charge >= 0.3 is 0 Å². The fraction of sp³-hybridized carbons (Fsp3) is 0.500. The van der Waals surface area contributed by atoms with Gasteiger partial charge in [-0.1, -0.05) is 0 Å². The normalized spacial score (nSPS) is 19.2. The number of rotatable bonds is 3. The molecule has 104 valence electrons. The fourth-order valence-electron chi connectivity index (χ4n) is 2.26. The molecule has 1 aliphatic heterocycles. The number of hydrogen-bond acceptors (Lipinski definition) is 2. The van der Waals surface area contributed by atoms with E-state index in [4.69, 9.17) is 0 Å². The summed E-state index contributed by atoms with van der Waals surface area (Å²) in [6.45, 7) is 3.90. The van der Waals surface area contributed by atoms with Crippen molar-refractivity contribution in [3.63, 3.8) is 0 Å². The highest BCUT2D eigenvalue weighted by atomic mass is 19.1. The van der Waals surface area contributed by atoms with Gasteiger partial charge in [-0.25, -0.2) is 8.78 Å². The van der Waals surface area contributed by atoms with Crippen molar-refractivity contribution >= 4 is 5.91 Å². The molecule has 1 amide bonds. The standard InChI is InChI=1S/C14H18F2N2O/c1-9-5-11(13(16)6-12(9)15)14(19)18-8-10-3-2-4-17-7-10/h5-6,10,17H,2-4,7-8H2,1H3,(H,18,19). The van der Waals surface area contributed by atoms with Crippen molar-refractivity contribution < 1.29 is 13.6 Å². The van der Waals surface area contributed by atoms with Crippen molar-refractivity contribution in [2.24, 2.45) is 5.92 Å². The summed E-state index contributed by atoms with van der Waals surface area (Å²) in [6.07, 6.45) is 2.14. The van der Waals surface area contributed by atoms with Gasteiger partial charge < -0.3 is 10.6 Å². The Bertz CT molecular complexity index is 471. The van der Waals surface area contributed by atoms with Gasteiger partial charge in [0.15, 0.2) is 0 Å². The summed E-state index contributed by atoms with van der Waals surface area (Å²) >= 11 is 0. The van der Waals surface area contributed by atoms with Crippen molar-refractivity contribution in [1.29, 1.82) is 0 Å². The molecule has 5 heteroatoms. The molecule has 3 nitrogen and oxygen atoms in total. The first kappa shape index (κ1) is 13.9. The maximum Gasteiger partial charge on any atom is 0.254 e. The molecular weight excluding hydrogens is 250 g/mol. The van der Waals surface area contributed by atoms with Crippen molar-refractivity contribution in [2.45, 2.75) is 19.8 Å². The van der Waals surface area contributed by atoms with Crippen LogP contribution in [0.5, 0.6) is 0 Å². The zero-order valence-corrected chi connectivity index (χ0v) is 10.9. The molecule has 2 rings (SSSR count). The van der Waals surface area contributed by atoms with E-state index in [1.165, 1.54) is 13.0 Å². The lowest BCUT2D eigenvalue weighted by Gasteiger charge is -2.22. The highest BCUT2D eigenvalue weighted by Crippen LogP contribution is 2.14. The van der Waals surface area contributed by atoms with Crippen LogP contribution in [0.4, 0.5) is 8.78 Å². The van der Waals surface area contributed by atoms with Crippen LogP contribution in [0.2, 0.25) is 0 Å². The zero-order valence-electron chi connectivity index (χ0n) is 10.9. The zero-order chi connectivity index (χ0) is 13.8. The molecular formula is C14H18F2N2O. The molecule has 0 aromatic heterocycles. The van der Waals surface area contributed by atoms with Crippen molar-refractivity contribution in [2.75, 3.05) is 19.6 Å². The molecule has 1 aromatic rings. The number of benzene rings is 1. The van der Waals surface area contributed by atoms with Crippen LogP contribution in [0.1, 0.15) is 28.8 Å². The first-order valence-electron chi connectivity index (χ1n) is 6.52. The third-order valence-electron chi connectivity index (χ3n) is 3.44. The van der Waals surface area contributed by atoms with E-state index in [-0.39, 0.29) is 11.1 Å². The Kier molecular flexibility index (Phi) is 4.47. The average molecular weight is 268 g/mol. The molecule has 1 unspecified atom stereocenters. The van der Waals surface area contributed by atoms with Crippen LogP contribution >= 0.6 is 0 Å². The molecule has 0 aliphatic carbocycles. The Labute approximate surface area is 111 Å². The fourth-order valence-corrected chi connectivity index (χ4v) is 2.26. The molecule has 1 aromatic carbocycles. The van der Waals surface area contributed by atoms with E-state index < -0.39 is 17.5 Å². The number of aryl methyl sites for hydroxylation is 1. The predicted octanol–water partition coefficient (Wildman–Crippen LogP) is 2.00. The third-order valence-corrected chi connectivity index (χ3v) is 3.44. The molecule has 0 saturated carbocycles. The Balaban J connectivity index is 1.97. The molecule has 0 spiro atoms. The van der Waals surface area contributed by atoms with Gasteiger partial charge in [0.1, 0.15) is 11.6 Å². The van der Waals surface area contributed by atoms with E-state index in [0.29, 0.717) is 12.5 Å². The van der Waals surface area contributed by atoms with Gasteiger partial charge in [0.05, 0.1) is 5.56 Å². The lowest BCUT2D eigenvalue weighted by molar-refractivity contribution is 0.0940. The smallest absolute Gasteiger partial charge is 0.254 e. The lowest BCUT2D eigenvalue weighted by atomic mass is 9.99. The van der Waals surface area contributed by atoms with Crippen LogP contribution in [0.3, 0.4) is 0 Å². The first-order chi connectivity index (χ1) is 9.08. The predicted molar refractivity (Wildman–Crippen MR) is 69.0 cm³/mol. The van der Waals surface area contributed by atoms with Crippen molar-refractivity contribution in [3.8, 4) is 0 Å². The number of halogens is 2. The molecule has 1 fully saturated rings. The van der Waals surface area contributed by atoms with Gasteiger partial charge in [-0.05, 0) is 50.4 Å². The summed E-state index contributed by atoms with van der Waals surface area (Å²) in [5, 5.41) is 5.97. The second-order valence-electron chi connectivity index (χ2n) is 5.00. The van der Waals surface area contributed by atoms with E-state index in [9.17, 15) is 13.6 Å². The van der Waals surface area contributed by atoms with E-state index in [1.807, 2.05) is 0 Å². The summed E-state index contributed by atoms with van der Waals surface area (Å²) in [7, 11) is 0. The second-order valence-corrected chi connectivity index (χ2v) is 5.00. The molecule has 1 saturated heterocycles. The Morgan fingerprint density at radius 3 is 2.89 bits per heavy atom. The van der Waals surface area contributed by atoms with Gasteiger partial charge in [0, 0.05) is 12.6 Å². The van der Waals surface area contributed by atoms with Crippen molar-refractivity contribution in [1.82, 2.24) is 10.6 Å². The molecule has 1 aliphatic rings. The van der Waals surface area contributed by atoms with Gasteiger partial charge in [-0.3, -0.25) is 4.79 Å². The van der Waals surface area contributed by atoms with Gasteiger partial charge in [-0.2, -0.15) is 0 Å². The monoisotopic (exact) mass is 268 g/mol.